The molecule has 4 nitrogen and oxygen atoms in total. The van der Waals surface area contributed by atoms with Crippen molar-refractivity contribution in [2.45, 2.75) is 40.2 Å². The summed E-state index contributed by atoms with van der Waals surface area (Å²) in [5.41, 5.74) is 0.949. The van der Waals surface area contributed by atoms with Crippen LogP contribution in [0.4, 0.5) is 4.39 Å². The molecule has 0 radical (unpaired) electrons. The lowest BCUT2D eigenvalue weighted by molar-refractivity contribution is 0.297. The molecular formula is C19H34FIN4. The van der Waals surface area contributed by atoms with Gasteiger partial charge in [-0.05, 0) is 57.1 Å². The van der Waals surface area contributed by atoms with Gasteiger partial charge in [-0.3, -0.25) is 4.99 Å². The molecule has 0 fully saturated rings. The van der Waals surface area contributed by atoms with Crippen LogP contribution in [-0.4, -0.2) is 55.5 Å². The van der Waals surface area contributed by atoms with E-state index < -0.39 is 0 Å². The molecule has 0 spiro atoms. The van der Waals surface area contributed by atoms with E-state index in [1.807, 2.05) is 18.0 Å². The normalized spacial score (nSPS) is 11.4. The molecule has 0 bridgehead atoms. The van der Waals surface area contributed by atoms with Crippen LogP contribution in [0.3, 0.4) is 0 Å². The molecule has 0 saturated heterocycles. The summed E-state index contributed by atoms with van der Waals surface area (Å²) in [5.74, 6) is 0.684. The van der Waals surface area contributed by atoms with Crippen molar-refractivity contribution in [3.63, 3.8) is 0 Å². The van der Waals surface area contributed by atoms with Crippen molar-refractivity contribution in [2.75, 3.05) is 39.8 Å². The monoisotopic (exact) mass is 464 g/mol. The molecule has 1 aromatic carbocycles. The number of hydrogen-bond donors (Lipinski definition) is 1. The topological polar surface area (TPSA) is 30.9 Å². The highest BCUT2D eigenvalue weighted by atomic mass is 127. The van der Waals surface area contributed by atoms with Crippen LogP contribution in [0.5, 0.6) is 0 Å². The maximum Gasteiger partial charge on any atom is 0.193 e. The van der Waals surface area contributed by atoms with E-state index in [2.05, 4.69) is 31.0 Å². The summed E-state index contributed by atoms with van der Waals surface area (Å²) >= 11 is 0. The SMILES string of the molecule is CCNC(=NCCCCN(CC)CC)N(C)Cc1cccc(F)c1.I. The van der Waals surface area contributed by atoms with Crippen LogP contribution in [0.1, 0.15) is 39.2 Å². The van der Waals surface area contributed by atoms with Crippen molar-refractivity contribution in [1.29, 1.82) is 0 Å². The lowest BCUT2D eigenvalue weighted by Crippen LogP contribution is -2.38. The zero-order chi connectivity index (χ0) is 17.8. The van der Waals surface area contributed by atoms with E-state index in [1.54, 1.807) is 12.1 Å². The number of aliphatic imine (C=N–C) groups is 1. The highest BCUT2D eigenvalue weighted by Gasteiger charge is 2.07. The summed E-state index contributed by atoms with van der Waals surface area (Å²) in [5, 5.41) is 3.31. The molecule has 1 rings (SSSR count). The van der Waals surface area contributed by atoms with Crippen molar-refractivity contribution in [3.8, 4) is 0 Å². The van der Waals surface area contributed by atoms with Crippen LogP contribution in [0.2, 0.25) is 0 Å². The van der Waals surface area contributed by atoms with Crippen LogP contribution >= 0.6 is 24.0 Å². The van der Waals surface area contributed by atoms with Crippen molar-refractivity contribution in [2.24, 2.45) is 4.99 Å². The third-order valence-corrected chi connectivity index (χ3v) is 4.04. The minimum absolute atomic E-state index is 0. The van der Waals surface area contributed by atoms with E-state index in [4.69, 9.17) is 4.99 Å². The molecule has 6 heteroatoms. The van der Waals surface area contributed by atoms with Gasteiger partial charge in [-0.2, -0.15) is 0 Å². The molecule has 144 valence electrons. The zero-order valence-corrected chi connectivity index (χ0v) is 18.4. The highest BCUT2D eigenvalue weighted by Crippen LogP contribution is 2.06. The summed E-state index contributed by atoms with van der Waals surface area (Å²) in [6.07, 6.45) is 2.25. The summed E-state index contributed by atoms with van der Waals surface area (Å²) in [6.45, 7) is 12.1. The predicted molar refractivity (Wildman–Crippen MR) is 116 cm³/mol. The number of hydrogen-bond acceptors (Lipinski definition) is 2. The molecular weight excluding hydrogens is 430 g/mol. The first kappa shape index (κ1) is 24.1. The first-order valence-corrected chi connectivity index (χ1v) is 9.06. The van der Waals surface area contributed by atoms with E-state index in [0.29, 0.717) is 6.54 Å². The number of nitrogens with one attached hydrogen (secondary N) is 1. The standard InChI is InChI=1S/C19H33FN4.HI/c1-5-21-19(22-13-8-9-14-24(6-2)7-3)23(4)16-17-11-10-12-18(20)15-17;/h10-12,15H,5-9,13-14,16H2,1-4H3,(H,21,22);1H. The Morgan fingerprint density at radius 2 is 1.88 bits per heavy atom. The maximum atomic E-state index is 13.3. The fourth-order valence-corrected chi connectivity index (χ4v) is 2.63. The quantitative estimate of drug-likeness (QED) is 0.246. The van der Waals surface area contributed by atoms with Crippen molar-refractivity contribution in [1.82, 2.24) is 15.1 Å². The van der Waals surface area contributed by atoms with Gasteiger partial charge >= 0.3 is 0 Å². The van der Waals surface area contributed by atoms with Gasteiger partial charge < -0.3 is 15.1 Å². The van der Waals surface area contributed by atoms with Gasteiger partial charge in [0.2, 0.25) is 0 Å². The van der Waals surface area contributed by atoms with E-state index in [1.165, 1.54) is 6.07 Å². The largest absolute Gasteiger partial charge is 0.357 e. The van der Waals surface area contributed by atoms with Crippen molar-refractivity contribution in [3.05, 3.63) is 35.6 Å². The Kier molecular flexibility index (Phi) is 13.8. The zero-order valence-electron chi connectivity index (χ0n) is 16.1. The van der Waals surface area contributed by atoms with E-state index in [-0.39, 0.29) is 29.8 Å². The maximum absolute atomic E-state index is 13.3. The second-order valence-electron chi connectivity index (χ2n) is 5.96. The smallest absolute Gasteiger partial charge is 0.193 e. The molecule has 0 aliphatic carbocycles. The van der Waals surface area contributed by atoms with Gasteiger partial charge in [-0.1, -0.05) is 26.0 Å². The number of guanidine groups is 1. The number of rotatable bonds is 10. The summed E-state index contributed by atoms with van der Waals surface area (Å²) in [4.78, 5) is 9.18. The Balaban J connectivity index is 0.00000576. The minimum Gasteiger partial charge on any atom is -0.357 e. The summed E-state index contributed by atoms with van der Waals surface area (Å²) in [7, 11) is 1.99. The molecule has 0 aliphatic heterocycles. The summed E-state index contributed by atoms with van der Waals surface area (Å²) < 4.78 is 13.3. The Morgan fingerprint density at radius 1 is 1.16 bits per heavy atom. The summed E-state index contributed by atoms with van der Waals surface area (Å²) in [6, 6.07) is 6.73. The van der Waals surface area contributed by atoms with Crippen LogP contribution in [0.25, 0.3) is 0 Å². The van der Waals surface area contributed by atoms with Gasteiger partial charge in [-0.15, -0.1) is 24.0 Å². The average molecular weight is 464 g/mol. The Labute approximate surface area is 169 Å². The minimum atomic E-state index is -0.195. The van der Waals surface area contributed by atoms with Gasteiger partial charge in [0, 0.05) is 26.7 Å². The number of unbranched alkanes of at least 4 members (excludes halogenated alkanes) is 1. The van der Waals surface area contributed by atoms with Crippen molar-refractivity contribution >= 4 is 29.9 Å². The van der Waals surface area contributed by atoms with Gasteiger partial charge in [0.05, 0.1) is 0 Å². The average Bonchev–Trinajstić information content (AvgIpc) is 2.57. The molecule has 0 atom stereocenters. The molecule has 25 heavy (non-hydrogen) atoms. The number of benzene rings is 1. The molecule has 0 amide bonds. The fourth-order valence-electron chi connectivity index (χ4n) is 2.63. The molecule has 1 aromatic rings. The molecule has 0 heterocycles. The van der Waals surface area contributed by atoms with Crippen LogP contribution in [0.15, 0.2) is 29.3 Å². The molecule has 1 N–H and O–H groups in total. The predicted octanol–water partition coefficient (Wildman–Crippen LogP) is 3.96. The van der Waals surface area contributed by atoms with Crippen molar-refractivity contribution < 1.29 is 4.39 Å². The second-order valence-corrected chi connectivity index (χ2v) is 5.96. The van der Waals surface area contributed by atoms with Crippen LogP contribution < -0.4 is 5.32 Å². The fraction of sp³-hybridized carbons (Fsp3) is 0.632. The molecule has 0 aromatic heterocycles. The highest BCUT2D eigenvalue weighted by molar-refractivity contribution is 14.0. The van der Waals surface area contributed by atoms with Gasteiger partial charge in [0.15, 0.2) is 5.96 Å². The molecule has 0 aliphatic rings. The van der Waals surface area contributed by atoms with Gasteiger partial charge in [0.25, 0.3) is 0 Å². The van der Waals surface area contributed by atoms with Gasteiger partial charge in [-0.25, -0.2) is 4.39 Å². The van der Waals surface area contributed by atoms with E-state index >= 15 is 0 Å². The van der Waals surface area contributed by atoms with Crippen LogP contribution in [0, 0.1) is 5.82 Å². The Hall–Kier alpha value is -0.890. The lowest BCUT2D eigenvalue weighted by atomic mass is 10.2. The third kappa shape index (κ3) is 9.99. The third-order valence-electron chi connectivity index (χ3n) is 4.04. The lowest BCUT2D eigenvalue weighted by Gasteiger charge is -2.22. The Bertz CT molecular complexity index is 492. The number of halogens is 2. The Morgan fingerprint density at radius 3 is 2.48 bits per heavy atom. The van der Waals surface area contributed by atoms with E-state index in [9.17, 15) is 4.39 Å². The van der Waals surface area contributed by atoms with Gasteiger partial charge in [0.1, 0.15) is 5.82 Å². The first-order valence-electron chi connectivity index (χ1n) is 9.06. The second kappa shape index (κ2) is 14.3. The molecule has 0 saturated carbocycles. The molecule has 0 unspecified atom stereocenters. The van der Waals surface area contributed by atoms with Crippen LogP contribution in [-0.2, 0) is 6.54 Å². The first-order chi connectivity index (χ1) is 11.6. The van der Waals surface area contributed by atoms with E-state index in [0.717, 1.165) is 57.1 Å². The number of nitrogens with zero attached hydrogens (tertiary/aromatic N) is 3.